The van der Waals surface area contributed by atoms with Gasteiger partial charge in [-0.1, -0.05) is 19.8 Å². The van der Waals surface area contributed by atoms with E-state index < -0.39 is 0 Å². The summed E-state index contributed by atoms with van der Waals surface area (Å²) in [5.74, 6) is -0.151. The number of carbonyl (C=O) groups excluding carboxylic acids is 1. The van der Waals surface area contributed by atoms with Crippen LogP contribution in [-0.2, 0) is 42.7 Å². The normalized spacial score (nSPS) is 14.4. The summed E-state index contributed by atoms with van der Waals surface area (Å²) in [6.07, 6.45) is 6.06. The maximum absolute atomic E-state index is 11.4. The Morgan fingerprint density at radius 1 is 0.629 bits per heavy atom. The molecule has 1 aliphatic heterocycles. The lowest BCUT2D eigenvalue weighted by molar-refractivity contribution is -0.145. The second-order valence-electron chi connectivity index (χ2n) is 8.17. The number of esters is 1. The van der Waals surface area contributed by atoms with Crippen molar-refractivity contribution in [3.8, 4) is 0 Å². The number of hydrogen-bond acceptors (Lipinski definition) is 10. The first-order chi connectivity index (χ1) is 17.3. The van der Waals surface area contributed by atoms with Crippen LogP contribution in [0.2, 0.25) is 0 Å². The Balaban J connectivity index is 1.64. The van der Waals surface area contributed by atoms with E-state index in [-0.39, 0.29) is 5.97 Å². The van der Waals surface area contributed by atoms with Gasteiger partial charge in [0.2, 0.25) is 0 Å². The van der Waals surface area contributed by atoms with Crippen LogP contribution in [0.1, 0.15) is 45.4 Å². The number of rotatable bonds is 26. The molecule has 1 rings (SSSR count). The Kier molecular flexibility index (Phi) is 24.1. The van der Waals surface area contributed by atoms with Gasteiger partial charge in [0.1, 0.15) is 6.61 Å². The average molecular weight is 508 g/mol. The van der Waals surface area contributed by atoms with Gasteiger partial charge in [0.05, 0.1) is 92.0 Å². The molecule has 1 saturated heterocycles. The summed E-state index contributed by atoms with van der Waals surface area (Å²) in [5.41, 5.74) is 0. The lowest BCUT2D eigenvalue weighted by Crippen LogP contribution is -2.33. The van der Waals surface area contributed by atoms with Crippen LogP contribution in [0.3, 0.4) is 0 Å². The quantitative estimate of drug-likeness (QED) is 0.138. The van der Waals surface area contributed by atoms with E-state index >= 15 is 0 Å². The largest absolute Gasteiger partial charge is 0.463 e. The molecule has 0 spiro atoms. The number of carbonyl (C=O) groups is 1. The Morgan fingerprint density at radius 3 is 1.51 bits per heavy atom. The fourth-order valence-electron chi connectivity index (χ4n) is 3.24. The van der Waals surface area contributed by atoms with Crippen molar-refractivity contribution in [2.75, 3.05) is 106 Å². The van der Waals surface area contributed by atoms with E-state index in [1.54, 1.807) is 0 Å². The van der Waals surface area contributed by atoms with Crippen molar-refractivity contribution < 1.29 is 42.7 Å². The molecule has 0 radical (unpaired) electrons. The molecule has 0 atom stereocenters. The van der Waals surface area contributed by atoms with Crippen LogP contribution in [0.15, 0.2) is 0 Å². The monoisotopic (exact) mass is 507 g/mol. The second-order valence-corrected chi connectivity index (χ2v) is 8.17. The smallest absolute Gasteiger partial charge is 0.305 e. The fourth-order valence-corrected chi connectivity index (χ4v) is 3.24. The minimum Gasteiger partial charge on any atom is -0.463 e. The van der Waals surface area contributed by atoms with Gasteiger partial charge in [-0.2, -0.15) is 0 Å². The first-order valence-electron chi connectivity index (χ1n) is 13.3. The van der Waals surface area contributed by atoms with E-state index in [1.807, 2.05) is 0 Å². The van der Waals surface area contributed by atoms with E-state index in [9.17, 15) is 4.79 Å². The van der Waals surface area contributed by atoms with Crippen LogP contribution < -0.4 is 5.32 Å². The number of ether oxygens (including phenoxy) is 8. The highest BCUT2D eigenvalue weighted by Gasteiger charge is 2.12. The predicted octanol–water partition coefficient (Wildman–Crippen LogP) is 1.98. The van der Waals surface area contributed by atoms with Crippen molar-refractivity contribution in [1.82, 2.24) is 5.32 Å². The average Bonchev–Trinajstić information content (AvgIpc) is 2.88. The van der Waals surface area contributed by atoms with Crippen molar-refractivity contribution in [3.05, 3.63) is 0 Å². The third-order valence-electron chi connectivity index (χ3n) is 5.20. The fraction of sp³-hybridized carbons (Fsp3) is 0.960. The van der Waals surface area contributed by atoms with Gasteiger partial charge in [-0.3, -0.25) is 4.79 Å². The molecule has 10 heteroatoms. The van der Waals surface area contributed by atoms with E-state index in [0.717, 1.165) is 45.2 Å². The summed E-state index contributed by atoms with van der Waals surface area (Å²) in [5, 5.41) is 3.32. The molecular weight excluding hydrogens is 458 g/mol. The van der Waals surface area contributed by atoms with Crippen molar-refractivity contribution in [2.45, 2.75) is 51.6 Å². The molecule has 1 heterocycles. The minimum absolute atomic E-state index is 0.151. The highest BCUT2D eigenvalue weighted by molar-refractivity contribution is 5.69. The Morgan fingerprint density at radius 2 is 1.06 bits per heavy atom. The maximum Gasteiger partial charge on any atom is 0.305 e. The molecule has 0 unspecified atom stereocenters. The van der Waals surface area contributed by atoms with Crippen molar-refractivity contribution in [2.24, 2.45) is 0 Å². The summed E-state index contributed by atoms with van der Waals surface area (Å²) < 4.78 is 43.5. The molecule has 1 aliphatic rings. The third-order valence-corrected chi connectivity index (χ3v) is 5.20. The van der Waals surface area contributed by atoms with Gasteiger partial charge < -0.3 is 43.2 Å². The standard InChI is InChI=1S/C25H49NO9/c1-2-3-4-5-25(27)35-23-21-33-19-17-31-15-13-29-11-10-28-12-14-30-16-18-32-20-22-34-24-6-8-26-9-7-24/h24,26H,2-23H2,1H3. The maximum atomic E-state index is 11.4. The van der Waals surface area contributed by atoms with Gasteiger partial charge >= 0.3 is 5.97 Å². The molecule has 35 heavy (non-hydrogen) atoms. The van der Waals surface area contributed by atoms with Gasteiger partial charge in [-0.15, -0.1) is 0 Å². The Bertz CT molecular complexity index is 451. The van der Waals surface area contributed by atoms with Crippen LogP contribution in [0, 0.1) is 0 Å². The van der Waals surface area contributed by atoms with Gasteiger partial charge in [-0.05, 0) is 32.4 Å². The molecule has 1 N–H and O–H groups in total. The minimum atomic E-state index is -0.151. The molecule has 1 fully saturated rings. The second kappa shape index (κ2) is 26.2. The zero-order valence-electron chi connectivity index (χ0n) is 21.8. The lowest BCUT2D eigenvalue weighted by atomic mass is 10.1. The van der Waals surface area contributed by atoms with Gasteiger partial charge in [-0.25, -0.2) is 0 Å². The third kappa shape index (κ3) is 23.3. The topological polar surface area (TPSA) is 103 Å². The zero-order chi connectivity index (χ0) is 25.1. The molecule has 208 valence electrons. The molecular formula is C25H49NO9. The van der Waals surface area contributed by atoms with Gasteiger partial charge in [0.25, 0.3) is 0 Å². The summed E-state index contributed by atoms with van der Waals surface area (Å²) >= 11 is 0. The summed E-state index contributed by atoms with van der Waals surface area (Å²) in [4.78, 5) is 11.4. The van der Waals surface area contributed by atoms with E-state index in [0.29, 0.717) is 105 Å². The van der Waals surface area contributed by atoms with Crippen molar-refractivity contribution in [3.63, 3.8) is 0 Å². The number of piperidine rings is 1. The van der Waals surface area contributed by atoms with Crippen LogP contribution in [0.4, 0.5) is 0 Å². The Hall–Kier alpha value is -0.850. The lowest BCUT2D eigenvalue weighted by Gasteiger charge is -2.22. The SMILES string of the molecule is CCCCCC(=O)OCCOCCOCCOCCOCCOCCOCCOC1CCNCC1. The summed E-state index contributed by atoms with van der Waals surface area (Å²) in [6, 6.07) is 0. The first-order valence-corrected chi connectivity index (χ1v) is 13.3. The van der Waals surface area contributed by atoms with Crippen LogP contribution in [-0.4, -0.2) is 118 Å². The molecule has 0 amide bonds. The number of unbranched alkanes of at least 4 members (excludes halogenated alkanes) is 2. The zero-order valence-corrected chi connectivity index (χ0v) is 21.8. The van der Waals surface area contributed by atoms with Crippen molar-refractivity contribution in [1.29, 1.82) is 0 Å². The molecule has 10 nitrogen and oxygen atoms in total. The van der Waals surface area contributed by atoms with Gasteiger partial charge in [0.15, 0.2) is 0 Å². The molecule has 0 aliphatic carbocycles. The van der Waals surface area contributed by atoms with Gasteiger partial charge in [0, 0.05) is 6.42 Å². The molecule has 0 aromatic carbocycles. The van der Waals surface area contributed by atoms with Crippen LogP contribution in [0.5, 0.6) is 0 Å². The van der Waals surface area contributed by atoms with Crippen LogP contribution in [0.25, 0.3) is 0 Å². The van der Waals surface area contributed by atoms with Crippen LogP contribution >= 0.6 is 0 Å². The molecule has 0 aromatic rings. The molecule has 0 bridgehead atoms. The predicted molar refractivity (Wildman–Crippen MR) is 132 cm³/mol. The van der Waals surface area contributed by atoms with E-state index in [4.69, 9.17) is 37.9 Å². The van der Waals surface area contributed by atoms with E-state index in [1.165, 1.54) is 0 Å². The Labute approximate surface area is 211 Å². The highest BCUT2D eigenvalue weighted by atomic mass is 16.6. The highest BCUT2D eigenvalue weighted by Crippen LogP contribution is 2.06. The summed E-state index contributed by atoms with van der Waals surface area (Å²) in [7, 11) is 0. The first kappa shape index (κ1) is 32.2. The summed E-state index contributed by atoms with van der Waals surface area (Å²) in [6.45, 7) is 11.3. The number of nitrogens with one attached hydrogen (secondary N) is 1. The van der Waals surface area contributed by atoms with E-state index in [2.05, 4.69) is 12.2 Å². The number of hydrogen-bond donors (Lipinski definition) is 1. The molecule has 0 aromatic heterocycles. The van der Waals surface area contributed by atoms with Crippen molar-refractivity contribution >= 4 is 5.97 Å². The molecule has 0 saturated carbocycles.